The molecule has 1 unspecified atom stereocenters. The van der Waals surface area contributed by atoms with Crippen LogP contribution in [0.15, 0.2) is 30.3 Å². The van der Waals surface area contributed by atoms with Crippen LogP contribution in [0, 0.1) is 0 Å². The topological polar surface area (TPSA) is 35.6 Å². The second-order valence-corrected chi connectivity index (χ2v) is 6.08. The van der Waals surface area contributed by atoms with Gasteiger partial charge in [0, 0.05) is 50.9 Å². The molecule has 122 valence electrons. The molecule has 0 bridgehead atoms. The first-order chi connectivity index (χ1) is 10.7. The van der Waals surface area contributed by atoms with Crippen molar-refractivity contribution in [3.05, 3.63) is 30.3 Å². The fourth-order valence-electron chi connectivity index (χ4n) is 3.09. The molecule has 1 N–H and O–H groups in total. The third kappa shape index (κ3) is 4.82. The van der Waals surface area contributed by atoms with Gasteiger partial charge in [0.05, 0.1) is 0 Å². The largest absolute Gasteiger partial charge is 0.314 e. The van der Waals surface area contributed by atoms with Gasteiger partial charge in [0.1, 0.15) is 0 Å². The summed E-state index contributed by atoms with van der Waals surface area (Å²) in [4.78, 5) is 17.2. The van der Waals surface area contributed by atoms with Crippen LogP contribution in [0.2, 0.25) is 0 Å². The molecule has 22 heavy (non-hydrogen) atoms. The van der Waals surface area contributed by atoms with Gasteiger partial charge in [0.15, 0.2) is 0 Å². The molecule has 0 saturated carbocycles. The van der Waals surface area contributed by atoms with Gasteiger partial charge in [-0.15, -0.1) is 0 Å². The van der Waals surface area contributed by atoms with E-state index in [0.29, 0.717) is 6.42 Å². The quantitative estimate of drug-likeness (QED) is 0.840. The average molecular weight is 303 g/mol. The zero-order valence-corrected chi connectivity index (χ0v) is 13.9. The highest BCUT2D eigenvalue weighted by Crippen LogP contribution is 2.20. The summed E-state index contributed by atoms with van der Waals surface area (Å²) in [5, 5.41) is 3.35. The van der Waals surface area contributed by atoms with E-state index in [-0.39, 0.29) is 11.9 Å². The second-order valence-electron chi connectivity index (χ2n) is 6.08. The molecular weight excluding hydrogens is 274 g/mol. The molecule has 1 aromatic rings. The molecule has 1 fully saturated rings. The van der Waals surface area contributed by atoms with Crippen molar-refractivity contribution in [3.8, 4) is 0 Å². The van der Waals surface area contributed by atoms with Crippen LogP contribution in [-0.2, 0) is 4.79 Å². The maximum Gasteiger partial charge on any atom is 0.228 e. The average Bonchev–Trinajstić information content (AvgIpc) is 2.55. The fourth-order valence-corrected chi connectivity index (χ4v) is 3.09. The highest BCUT2D eigenvalue weighted by atomic mass is 16.2. The third-order valence-electron chi connectivity index (χ3n) is 4.30. The summed E-state index contributed by atoms with van der Waals surface area (Å²) < 4.78 is 0. The number of amides is 1. The number of nitrogens with zero attached hydrogens (tertiary/aromatic N) is 2. The number of piperazine rings is 1. The predicted molar refractivity (Wildman–Crippen MR) is 92.2 cm³/mol. The van der Waals surface area contributed by atoms with E-state index >= 15 is 0 Å². The number of anilines is 1. The minimum atomic E-state index is 0.241. The lowest BCUT2D eigenvalue weighted by atomic mass is 10.1. The summed E-state index contributed by atoms with van der Waals surface area (Å²) in [6.07, 6.45) is 2.73. The molecule has 1 saturated heterocycles. The molecular formula is C18H29N3O. The van der Waals surface area contributed by atoms with E-state index in [0.717, 1.165) is 51.3 Å². The summed E-state index contributed by atoms with van der Waals surface area (Å²) in [7, 11) is 0. The number of hydrogen-bond acceptors (Lipinski definition) is 3. The maximum absolute atomic E-state index is 12.8. The molecule has 1 heterocycles. The molecule has 1 aromatic carbocycles. The van der Waals surface area contributed by atoms with Gasteiger partial charge < -0.3 is 15.1 Å². The Bertz CT molecular complexity index is 443. The molecule has 1 aliphatic rings. The Labute approximate surface area is 134 Å². The lowest BCUT2D eigenvalue weighted by molar-refractivity contribution is -0.119. The molecule has 1 aliphatic heterocycles. The van der Waals surface area contributed by atoms with Gasteiger partial charge >= 0.3 is 0 Å². The standard InChI is InChI=1S/C18H29N3O/c1-3-7-16(2)21(17-8-5-4-6-9-17)18(22)10-13-20-14-11-19-12-15-20/h4-6,8-9,16,19H,3,7,10-15H2,1-2H3. The van der Waals surface area contributed by atoms with Crippen LogP contribution in [0.5, 0.6) is 0 Å². The summed E-state index contributed by atoms with van der Waals surface area (Å²) in [6.45, 7) is 9.34. The van der Waals surface area contributed by atoms with Crippen molar-refractivity contribution in [2.24, 2.45) is 0 Å². The van der Waals surface area contributed by atoms with E-state index in [1.807, 2.05) is 35.2 Å². The van der Waals surface area contributed by atoms with E-state index in [4.69, 9.17) is 0 Å². The van der Waals surface area contributed by atoms with Crippen molar-refractivity contribution in [1.29, 1.82) is 0 Å². The van der Waals surface area contributed by atoms with Crippen molar-refractivity contribution >= 4 is 11.6 Å². The van der Waals surface area contributed by atoms with E-state index in [1.165, 1.54) is 0 Å². The highest BCUT2D eigenvalue weighted by Gasteiger charge is 2.22. The van der Waals surface area contributed by atoms with Crippen LogP contribution >= 0.6 is 0 Å². The molecule has 0 radical (unpaired) electrons. The smallest absolute Gasteiger partial charge is 0.228 e. The minimum Gasteiger partial charge on any atom is -0.314 e. The third-order valence-corrected chi connectivity index (χ3v) is 4.30. The van der Waals surface area contributed by atoms with Crippen molar-refractivity contribution in [3.63, 3.8) is 0 Å². The first-order valence-electron chi connectivity index (χ1n) is 8.52. The first kappa shape index (κ1) is 17.0. The lowest BCUT2D eigenvalue weighted by Crippen LogP contribution is -2.46. The molecule has 4 nitrogen and oxygen atoms in total. The van der Waals surface area contributed by atoms with Crippen molar-refractivity contribution < 1.29 is 4.79 Å². The monoisotopic (exact) mass is 303 g/mol. The van der Waals surface area contributed by atoms with Crippen LogP contribution in [0.3, 0.4) is 0 Å². The number of carbonyl (C=O) groups excluding carboxylic acids is 1. The number of rotatable bonds is 7. The Morgan fingerprint density at radius 2 is 1.95 bits per heavy atom. The Morgan fingerprint density at radius 3 is 2.59 bits per heavy atom. The van der Waals surface area contributed by atoms with Crippen molar-refractivity contribution in [2.75, 3.05) is 37.6 Å². The molecule has 0 spiro atoms. The van der Waals surface area contributed by atoms with E-state index < -0.39 is 0 Å². The van der Waals surface area contributed by atoms with Gasteiger partial charge in [-0.1, -0.05) is 31.5 Å². The van der Waals surface area contributed by atoms with Gasteiger partial charge in [-0.25, -0.2) is 0 Å². The summed E-state index contributed by atoms with van der Waals surface area (Å²) in [5.74, 6) is 0.241. The molecule has 2 rings (SSSR count). The van der Waals surface area contributed by atoms with Gasteiger partial charge in [0.2, 0.25) is 5.91 Å². The lowest BCUT2D eigenvalue weighted by Gasteiger charge is -2.31. The van der Waals surface area contributed by atoms with Crippen LogP contribution in [0.1, 0.15) is 33.1 Å². The van der Waals surface area contributed by atoms with E-state index in [9.17, 15) is 4.79 Å². The van der Waals surface area contributed by atoms with E-state index in [1.54, 1.807) is 0 Å². The van der Waals surface area contributed by atoms with Crippen molar-refractivity contribution in [2.45, 2.75) is 39.2 Å². The van der Waals surface area contributed by atoms with Gasteiger partial charge in [-0.05, 0) is 25.5 Å². The second kappa shape index (κ2) is 8.91. The number of carbonyl (C=O) groups is 1. The number of nitrogens with one attached hydrogen (secondary N) is 1. The summed E-state index contributed by atoms with van der Waals surface area (Å²) >= 11 is 0. The first-order valence-corrected chi connectivity index (χ1v) is 8.52. The van der Waals surface area contributed by atoms with Crippen molar-refractivity contribution in [1.82, 2.24) is 10.2 Å². The Kier molecular flexibility index (Phi) is 6.87. The van der Waals surface area contributed by atoms with Gasteiger partial charge in [0.25, 0.3) is 0 Å². The van der Waals surface area contributed by atoms with Gasteiger partial charge in [-0.3, -0.25) is 4.79 Å². The van der Waals surface area contributed by atoms with Crippen LogP contribution in [0.25, 0.3) is 0 Å². The molecule has 0 aliphatic carbocycles. The zero-order valence-electron chi connectivity index (χ0n) is 13.9. The van der Waals surface area contributed by atoms with Gasteiger partial charge in [-0.2, -0.15) is 0 Å². The van der Waals surface area contributed by atoms with Crippen LogP contribution < -0.4 is 10.2 Å². The zero-order chi connectivity index (χ0) is 15.8. The Balaban J connectivity index is 1.99. The normalized spacial score (nSPS) is 17.2. The highest BCUT2D eigenvalue weighted by molar-refractivity contribution is 5.94. The maximum atomic E-state index is 12.8. The Morgan fingerprint density at radius 1 is 1.27 bits per heavy atom. The molecule has 4 heteroatoms. The molecule has 1 amide bonds. The summed E-state index contributed by atoms with van der Waals surface area (Å²) in [5.41, 5.74) is 1.02. The number of hydrogen-bond donors (Lipinski definition) is 1. The van der Waals surface area contributed by atoms with E-state index in [2.05, 4.69) is 24.1 Å². The molecule has 1 atom stereocenters. The van der Waals surface area contributed by atoms with Crippen LogP contribution in [-0.4, -0.2) is 49.6 Å². The SMILES string of the molecule is CCCC(C)N(C(=O)CCN1CCNCC1)c1ccccc1. The minimum absolute atomic E-state index is 0.241. The number of para-hydroxylation sites is 1. The fraction of sp³-hybridized carbons (Fsp3) is 0.611. The summed E-state index contributed by atoms with van der Waals surface area (Å²) in [6, 6.07) is 10.3. The Hall–Kier alpha value is -1.39. The molecule has 0 aromatic heterocycles. The van der Waals surface area contributed by atoms with Crippen LogP contribution in [0.4, 0.5) is 5.69 Å². The number of benzene rings is 1. The predicted octanol–water partition coefficient (Wildman–Crippen LogP) is 2.50.